The van der Waals surface area contributed by atoms with Gasteiger partial charge >= 0.3 is 5.97 Å². The zero-order valence-corrected chi connectivity index (χ0v) is 18.6. The number of thioether (sulfide) groups is 1. The molecule has 2 unspecified atom stereocenters. The van der Waals surface area contributed by atoms with E-state index in [0.717, 1.165) is 35.7 Å². The van der Waals surface area contributed by atoms with Gasteiger partial charge in [0.1, 0.15) is 0 Å². The number of nitrogens with one attached hydrogen (secondary N) is 1. The minimum absolute atomic E-state index is 0.162. The molecule has 0 aliphatic carbocycles. The molecule has 30 heavy (non-hydrogen) atoms. The van der Waals surface area contributed by atoms with Crippen molar-refractivity contribution in [3.63, 3.8) is 0 Å². The van der Waals surface area contributed by atoms with Gasteiger partial charge in [0.15, 0.2) is 6.61 Å². The van der Waals surface area contributed by atoms with E-state index in [0.29, 0.717) is 5.56 Å². The summed E-state index contributed by atoms with van der Waals surface area (Å²) in [5.41, 5.74) is 3.89. The maximum absolute atomic E-state index is 12.6. The molecule has 0 aromatic heterocycles. The second-order valence-electron chi connectivity index (χ2n) is 7.65. The van der Waals surface area contributed by atoms with E-state index in [-0.39, 0.29) is 24.7 Å². The van der Waals surface area contributed by atoms with E-state index in [9.17, 15) is 9.59 Å². The third-order valence-corrected chi connectivity index (χ3v) is 6.50. The van der Waals surface area contributed by atoms with Crippen molar-refractivity contribution in [3.05, 3.63) is 64.7 Å². The fourth-order valence-corrected chi connectivity index (χ4v) is 4.44. The van der Waals surface area contributed by atoms with Crippen LogP contribution in [-0.4, -0.2) is 36.9 Å². The van der Waals surface area contributed by atoms with Gasteiger partial charge in [0.05, 0.1) is 17.7 Å². The van der Waals surface area contributed by atoms with Crippen LogP contribution in [0.3, 0.4) is 0 Å². The molecule has 3 rings (SSSR count). The number of esters is 1. The lowest BCUT2D eigenvalue weighted by Gasteiger charge is -2.16. The first-order chi connectivity index (χ1) is 14.4. The van der Waals surface area contributed by atoms with Crippen LogP contribution in [0.25, 0.3) is 0 Å². The molecule has 2 atom stereocenters. The SMILES string of the molecule is Cc1ccc(C(C)NC(=O)COC(=O)c2ccccc2SCC2CCCO2)cc1C. The maximum atomic E-state index is 12.6. The van der Waals surface area contributed by atoms with Gasteiger partial charge in [-0.15, -0.1) is 11.8 Å². The van der Waals surface area contributed by atoms with Gasteiger partial charge in [-0.05, 0) is 62.4 Å². The fourth-order valence-electron chi connectivity index (χ4n) is 3.33. The van der Waals surface area contributed by atoms with Gasteiger partial charge in [0.2, 0.25) is 0 Å². The first-order valence-corrected chi connectivity index (χ1v) is 11.3. The minimum Gasteiger partial charge on any atom is -0.452 e. The Balaban J connectivity index is 1.52. The molecule has 0 radical (unpaired) electrons. The number of hydrogen-bond acceptors (Lipinski definition) is 5. The zero-order chi connectivity index (χ0) is 21.5. The van der Waals surface area contributed by atoms with Crippen molar-refractivity contribution in [3.8, 4) is 0 Å². The molecule has 1 heterocycles. The van der Waals surface area contributed by atoms with Crippen LogP contribution in [-0.2, 0) is 14.3 Å². The quantitative estimate of drug-likeness (QED) is 0.492. The van der Waals surface area contributed by atoms with Gasteiger partial charge in [-0.25, -0.2) is 4.79 Å². The van der Waals surface area contributed by atoms with Gasteiger partial charge in [-0.3, -0.25) is 4.79 Å². The summed E-state index contributed by atoms with van der Waals surface area (Å²) in [7, 11) is 0. The molecule has 1 saturated heterocycles. The van der Waals surface area contributed by atoms with Gasteiger partial charge in [-0.1, -0.05) is 30.3 Å². The van der Waals surface area contributed by atoms with E-state index in [1.165, 1.54) is 11.1 Å². The third-order valence-electron chi connectivity index (χ3n) is 5.30. The number of rotatable bonds is 8. The van der Waals surface area contributed by atoms with Crippen LogP contribution in [0, 0.1) is 13.8 Å². The second kappa shape index (κ2) is 10.6. The molecule has 160 valence electrons. The normalized spacial score (nSPS) is 16.8. The molecule has 6 heteroatoms. The van der Waals surface area contributed by atoms with Crippen LogP contribution in [0.5, 0.6) is 0 Å². The average molecular weight is 428 g/mol. The van der Waals surface area contributed by atoms with Crippen LogP contribution >= 0.6 is 11.8 Å². The lowest BCUT2D eigenvalue weighted by atomic mass is 10.0. The standard InChI is InChI=1S/C24H29NO4S/c1-16-10-11-19(13-17(16)2)18(3)25-23(26)14-29-24(27)21-8-4-5-9-22(21)30-15-20-7-6-12-28-20/h4-5,8-11,13,18,20H,6-7,12,14-15H2,1-3H3,(H,25,26). The number of carbonyl (C=O) groups excluding carboxylic acids is 2. The number of aryl methyl sites for hydroxylation is 2. The summed E-state index contributed by atoms with van der Waals surface area (Å²) < 4.78 is 10.9. The molecule has 0 saturated carbocycles. The summed E-state index contributed by atoms with van der Waals surface area (Å²) in [5, 5.41) is 2.89. The van der Waals surface area contributed by atoms with Crippen molar-refractivity contribution < 1.29 is 19.1 Å². The van der Waals surface area contributed by atoms with Crippen molar-refractivity contribution in [1.82, 2.24) is 5.32 Å². The lowest BCUT2D eigenvalue weighted by Crippen LogP contribution is -2.31. The molecule has 1 N–H and O–H groups in total. The molecule has 1 amide bonds. The van der Waals surface area contributed by atoms with E-state index >= 15 is 0 Å². The Kier molecular flexibility index (Phi) is 7.94. The number of amides is 1. The van der Waals surface area contributed by atoms with Gasteiger partial charge < -0.3 is 14.8 Å². The highest BCUT2D eigenvalue weighted by atomic mass is 32.2. The van der Waals surface area contributed by atoms with Gasteiger partial charge in [-0.2, -0.15) is 0 Å². The van der Waals surface area contributed by atoms with E-state index in [1.807, 2.05) is 38.1 Å². The summed E-state index contributed by atoms with van der Waals surface area (Å²) in [5.74, 6) is -0.00359. The van der Waals surface area contributed by atoms with Crippen LogP contribution in [0.15, 0.2) is 47.4 Å². The first kappa shape index (κ1) is 22.4. The Morgan fingerprint density at radius 1 is 1.20 bits per heavy atom. The van der Waals surface area contributed by atoms with Crippen molar-refractivity contribution in [1.29, 1.82) is 0 Å². The van der Waals surface area contributed by atoms with E-state index in [2.05, 4.69) is 18.3 Å². The lowest BCUT2D eigenvalue weighted by molar-refractivity contribution is -0.124. The minimum atomic E-state index is -0.487. The predicted octanol–water partition coefficient (Wildman–Crippen LogP) is 4.61. The Morgan fingerprint density at radius 2 is 2.00 bits per heavy atom. The highest BCUT2D eigenvalue weighted by Gasteiger charge is 2.19. The Bertz CT molecular complexity index is 893. The van der Waals surface area contributed by atoms with Crippen molar-refractivity contribution in [2.24, 2.45) is 0 Å². The first-order valence-electron chi connectivity index (χ1n) is 10.3. The highest BCUT2D eigenvalue weighted by Crippen LogP contribution is 2.27. The molecule has 0 bridgehead atoms. The number of carbonyl (C=O) groups is 2. The number of benzene rings is 2. The van der Waals surface area contributed by atoms with E-state index in [1.54, 1.807) is 23.9 Å². The Labute approximate surface area is 182 Å². The smallest absolute Gasteiger partial charge is 0.339 e. The Morgan fingerprint density at radius 3 is 2.73 bits per heavy atom. The molecule has 1 aliphatic rings. The summed E-state index contributed by atoms with van der Waals surface area (Å²) in [6, 6.07) is 13.3. The number of ether oxygens (including phenoxy) is 2. The average Bonchev–Trinajstić information content (AvgIpc) is 3.26. The summed E-state index contributed by atoms with van der Waals surface area (Å²) in [4.78, 5) is 25.7. The second-order valence-corrected chi connectivity index (χ2v) is 8.71. The molecule has 1 aliphatic heterocycles. The van der Waals surface area contributed by atoms with E-state index in [4.69, 9.17) is 9.47 Å². The van der Waals surface area contributed by atoms with Gasteiger partial charge in [0.25, 0.3) is 5.91 Å². The van der Waals surface area contributed by atoms with Crippen LogP contribution in [0.4, 0.5) is 0 Å². The Hall–Kier alpha value is -2.31. The topological polar surface area (TPSA) is 64.6 Å². The maximum Gasteiger partial charge on any atom is 0.339 e. The summed E-state index contributed by atoms with van der Waals surface area (Å²) in [6.45, 7) is 6.52. The largest absolute Gasteiger partial charge is 0.452 e. The van der Waals surface area contributed by atoms with Gasteiger partial charge in [0, 0.05) is 17.3 Å². The molecule has 2 aromatic carbocycles. The third kappa shape index (κ3) is 6.09. The van der Waals surface area contributed by atoms with Crippen LogP contribution in [0.2, 0.25) is 0 Å². The van der Waals surface area contributed by atoms with Crippen molar-refractivity contribution in [2.75, 3.05) is 19.0 Å². The molecule has 2 aromatic rings. The zero-order valence-electron chi connectivity index (χ0n) is 17.8. The summed E-state index contributed by atoms with van der Waals surface area (Å²) in [6.07, 6.45) is 2.38. The van der Waals surface area contributed by atoms with Crippen LogP contribution in [0.1, 0.15) is 52.9 Å². The molecule has 0 spiro atoms. The molecule has 1 fully saturated rings. The van der Waals surface area contributed by atoms with E-state index < -0.39 is 5.97 Å². The highest BCUT2D eigenvalue weighted by molar-refractivity contribution is 7.99. The summed E-state index contributed by atoms with van der Waals surface area (Å²) >= 11 is 1.59. The van der Waals surface area contributed by atoms with Crippen LogP contribution < -0.4 is 5.32 Å². The fraction of sp³-hybridized carbons (Fsp3) is 0.417. The predicted molar refractivity (Wildman–Crippen MR) is 119 cm³/mol. The molecule has 5 nitrogen and oxygen atoms in total. The molecular weight excluding hydrogens is 398 g/mol. The van der Waals surface area contributed by atoms with Crippen molar-refractivity contribution in [2.45, 2.75) is 50.7 Å². The monoisotopic (exact) mass is 427 g/mol. The van der Waals surface area contributed by atoms with Crippen molar-refractivity contribution >= 4 is 23.6 Å². The number of hydrogen-bond donors (Lipinski definition) is 1. The molecular formula is C24H29NO4S.